The van der Waals surface area contributed by atoms with Gasteiger partial charge in [-0.05, 0) is 62.1 Å². The summed E-state index contributed by atoms with van der Waals surface area (Å²) in [5.74, 6) is 0.720. The SMILES string of the molecule is CCNC(=NCC(C)(O)c1ccsc1)NCCc1c(C)nn(C)c1C.I. The van der Waals surface area contributed by atoms with Crippen molar-refractivity contribution < 1.29 is 5.11 Å². The fraction of sp³-hybridized carbons (Fsp3) is 0.556. The van der Waals surface area contributed by atoms with Crippen LogP contribution < -0.4 is 10.6 Å². The standard InChI is InChI=1S/C18H29N5OS.HI/c1-6-19-17(21-12-18(4,24)15-8-10-25-11-15)20-9-7-16-13(2)22-23(5)14(16)3;/h8,10-11,24H,6-7,9,12H2,1-5H3,(H2,19,20,21);1H. The van der Waals surface area contributed by atoms with E-state index in [1.807, 2.05) is 42.4 Å². The average Bonchev–Trinajstić information content (AvgIpc) is 3.17. The van der Waals surface area contributed by atoms with E-state index in [1.165, 1.54) is 11.3 Å². The van der Waals surface area contributed by atoms with Crippen LogP contribution in [0.2, 0.25) is 0 Å². The van der Waals surface area contributed by atoms with Crippen molar-refractivity contribution in [3.05, 3.63) is 39.3 Å². The molecule has 0 bridgehead atoms. The third kappa shape index (κ3) is 5.95. The lowest BCUT2D eigenvalue weighted by molar-refractivity contribution is 0.0677. The van der Waals surface area contributed by atoms with Gasteiger partial charge >= 0.3 is 0 Å². The summed E-state index contributed by atoms with van der Waals surface area (Å²) in [6.45, 7) is 9.81. The molecule has 0 aromatic carbocycles. The van der Waals surface area contributed by atoms with Crippen molar-refractivity contribution in [2.45, 2.75) is 39.7 Å². The second-order valence-corrected chi connectivity index (χ2v) is 7.21. The highest BCUT2D eigenvalue weighted by molar-refractivity contribution is 14.0. The van der Waals surface area contributed by atoms with E-state index in [0.29, 0.717) is 6.54 Å². The maximum absolute atomic E-state index is 10.6. The van der Waals surface area contributed by atoms with Crippen molar-refractivity contribution in [1.29, 1.82) is 0 Å². The summed E-state index contributed by atoms with van der Waals surface area (Å²) in [7, 11) is 1.97. The first-order chi connectivity index (χ1) is 11.8. The van der Waals surface area contributed by atoms with E-state index in [0.717, 1.165) is 36.7 Å². The molecule has 146 valence electrons. The maximum Gasteiger partial charge on any atom is 0.191 e. The molecule has 0 spiro atoms. The topological polar surface area (TPSA) is 74.5 Å². The Morgan fingerprint density at radius 3 is 2.65 bits per heavy atom. The lowest BCUT2D eigenvalue weighted by atomic mass is 10.00. The molecular formula is C18H30IN5OS. The molecule has 0 saturated heterocycles. The fourth-order valence-corrected chi connectivity index (χ4v) is 3.50. The van der Waals surface area contributed by atoms with Crippen LogP contribution in [0.3, 0.4) is 0 Å². The summed E-state index contributed by atoms with van der Waals surface area (Å²) in [5.41, 5.74) is 3.49. The van der Waals surface area contributed by atoms with Crippen molar-refractivity contribution in [2.24, 2.45) is 12.0 Å². The summed E-state index contributed by atoms with van der Waals surface area (Å²) in [6, 6.07) is 1.94. The van der Waals surface area contributed by atoms with E-state index in [9.17, 15) is 5.11 Å². The molecule has 0 amide bonds. The first-order valence-electron chi connectivity index (χ1n) is 8.61. The zero-order chi connectivity index (χ0) is 18.4. The number of rotatable bonds is 7. The van der Waals surface area contributed by atoms with E-state index in [4.69, 9.17) is 0 Å². The number of aryl methyl sites for hydroxylation is 2. The molecule has 6 nitrogen and oxygen atoms in total. The molecule has 3 N–H and O–H groups in total. The monoisotopic (exact) mass is 491 g/mol. The highest BCUT2D eigenvalue weighted by Gasteiger charge is 2.23. The number of aliphatic hydroxyl groups is 1. The molecule has 0 aliphatic rings. The van der Waals surface area contributed by atoms with Crippen molar-refractivity contribution in [3.8, 4) is 0 Å². The number of guanidine groups is 1. The molecule has 0 fully saturated rings. The van der Waals surface area contributed by atoms with Crippen LogP contribution >= 0.6 is 35.3 Å². The molecular weight excluding hydrogens is 461 g/mol. The van der Waals surface area contributed by atoms with Gasteiger partial charge in [0, 0.05) is 25.8 Å². The largest absolute Gasteiger partial charge is 0.383 e. The van der Waals surface area contributed by atoms with Crippen LogP contribution in [0.4, 0.5) is 0 Å². The summed E-state index contributed by atoms with van der Waals surface area (Å²) in [5, 5.41) is 25.6. The van der Waals surface area contributed by atoms with Crippen LogP contribution in [-0.2, 0) is 19.1 Å². The van der Waals surface area contributed by atoms with Crippen LogP contribution in [0.5, 0.6) is 0 Å². The lowest BCUT2D eigenvalue weighted by Crippen LogP contribution is -2.39. The van der Waals surface area contributed by atoms with E-state index in [2.05, 4.69) is 27.6 Å². The van der Waals surface area contributed by atoms with Gasteiger partial charge in [0.1, 0.15) is 5.60 Å². The lowest BCUT2D eigenvalue weighted by Gasteiger charge is -2.21. The fourth-order valence-electron chi connectivity index (χ4n) is 2.72. The molecule has 2 aromatic rings. The Balaban J connectivity index is 0.00000338. The van der Waals surface area contributed by atoms with Crippen LogP contribution in [-0.4, -0.2) is 40.5 Å². The number of aromatic nitrogens is 2. The van der Waals surface area contributed by atoms with Crippen LogP contribution in [0.1, 0.15) is 36.4 Å². The van der Waals surface area contributed by atoms with Crippen molar-refractivity contribution in [3.63, 3.8) is 0 Å². The van der Waals surface area contributed by atoms with E-state index in [-0.39, 0.29) is 24.0 Å². The molecule has 2 rings (SSSR count). The summed E-state index contributed by atoms with van der Waals surface area (Å²) in [6.07, 6.45) is 0.886. The first-order valence-corrected chi connectivity index (χ1v) is 9.55. The minimum absolute atomic E-state index is 0. The van der Waals surface area contributed by atoms with Crippen molar-refractivity contribution in [1.82, 2.24) is 20.4 Å². The minimum Gasteiger partial charge on any atom is -0.383 e. The number of hydrogen-bond donors (Lipinski definition) is 3. The Bertz CT molecular complexity index is 709. The summed E-state index contributed by atoms with van der Waals surface area (Å²) < 4.78 is 1.92. The van der Waals surface area contributed by atoms with Gasteiger partial charge in [0.15, 0.2) is 5.96 Å². The zero-order valence-electron chi connectivity index (χ0n) is 16.2. The predicted molar refractivity (Wildman–Crippen MR) is 120 cm³/mol. The average molecular weight is 491 g/mol. The molecule has 0 aliphatic carbocycles. The quantitative estimate of drug-likeness (QED) is 0.317. The second kappa shape index (κ2) is 10.3. The summed E-state index contributed by atoms with van der Waals surface area (Å²) >= 11 is 1.58. The zero-order valence-corrected chi connectivity index (χ0v) is 19.3. The molecule has 1 unspecified atom stereocenters. The van der Waals surface area contributed by atoms with E-state index < -0.39 is 5.60 Å². The van der Waals surface area contributed by atoms with Gasteiger partial charge in [0.2, 0.25) is 0 Å². The first kappa shape index (κ1) is 22.9. The number of aliphatic imine (C=N–C) groups is 1. The highest BCUT2D eigenvalue weighted by atomic mass is 127. The third-order valence-electron chi connectivity index (χ3n) is 4.36. The molecule has 0 aliphatic heterocycles. The van der Waals surface area contributed by atoms with E-state index in [1.54, 1.807) is 18.3 Å². The van der Waals surface area contributed by atoms with Gasteiger partial charge < -0.3 is 15.7 Å². The molecule has 2 heterocycles. The second-order valence-electron chi connectivity index (χ2n) is 6.43. The van der Waals surface area contributed by atoms with Crippen molar-refractivity contribution in [2.75, 3.05) is 19.6 Å². The van der Waals surface area contributed by atoms with Gasteiger partial charge in [-0.1, -0.05) is 0 Å². The third-order valence-corrected chi connectivity index (χ3v) is 5.04. The highest BCUT2D eigenvalue weighted by Crippen LogP contribution is 2.23. The van der Waals surface area contributed by atoms with Gasteiger partial charge in [0.25, 0.3) is 0 Å². The maximum atomic E-state index is 10.6. The number of halogens is 1. The number of nitrogens with zero attached hydrogens (tertiary/aromatic N) is 3. The Labute approximate surface area is 177 Å². The van der Waals surface area contributed by atoms with E-state index >= 15 is 0 Å². The number of thiophene rings is 1. The Hall–Kier alpha value is -1.13. The number of hydrogen-bond acceptors (Lipinski definition) is 4. The van der Waals surface area contributed by atoms with Gasteiger partial charge in [-0.2, -0.15) is 16.4 Å². The molecule has 26 heavy (non-hydrogen) atoms. The van der Waals surface area contributed by atoms with Gasteiger partial charge in [0.05, 0.1) is 12.2 Å². The molecule has 0 radical (unpaired) electrons. The van der Waals surface area contributed by atoms with Crippen LogP contribution in [0.15, 0.2) is 21.8 Å². The molecule has 8 heteroatoms. The Morgan fingerprint density at radius 2 is 2.12 bits per heavy atom. The predicted octanol–water partition coefficient (Wildman–Crippen LogP) is 2.72. The molecule has 1 atom stereocenters. The Kier molecular flexibility index (Phi) is 9.05. The van der Waals surface area contributed by atoms with Gasteiger partial charge in [-0.15, -0.1) is 24.0 Å². The molecule has 2 aromatic heterocycles. The molecule has 0 saturated carbocycles. The minimum atomic E-state index is -0.959. The smallest absolute Gasteiger partial charge is 0.191 e. The van der Waals surface area contributed by atoms with Crippen molar-refractivity contribution >= 4 is 41.3 Å². The van der Waals surface area contributed by atoms with Crippen LogP contribution in [0, 0.1) is 13.8 Å². The number of nitrogens with one attached hydrogen (secondary N) is 2. The normalized spacial score (nSPS) is 13.8. The van der Waals surface area contributed by atoms with Gasteiger partial charge in [-0.3, -0.25) is 4.68 Å². The van der Waals surface area contributed by atoms with Crippen LogP contribution in [0.25, 0.3) is 0 Å². The van der Waals surface area contributed by atoms with Gasteiger partial charge in [-0.25, -0.2) is 4.99 Å². The summed E-state index contributed by atoms with van der Waals surface area (Å²) in [4.78, 5) is 4.55. The Morgan fingerprint density at radius 1 is 1.38 bits per heavy atom.